The van der Waals surface area contributed by atoms with Crippen molar-refractivity contribution in [3.63, 3.8) is 0 Å². The van der Waals surface area contributed by atoms with Crippen molar-refractivity contribution < 1.29 is 18.7 Å². The first-order valence-corrected chi connectivity index (χ1v) is 10.1. The molecule has 10 heteroatoms. The van der Waals surface area contributed by atoms with Crippen LogP contribution in [0.25, 0.3) is 0 Å². The first-order chi connectivity index (χ1) is 15.3. The number of aromatic nitrogens is 3. The van der Waals surface area contributed by atoms with Gasteiger partial charge >= 0.3 is 11.7 Å². The van der Waals surface area contributed by atoms with Gasteiger partial charge in [-0.2, -0.15) is 9.67 Å². The molecular weight excluding hydrogens is 417 g/mol. The van der Waals surface area contributed by atoms with Crippen molar-refractivity contribution in [3.8, 4) is 5.75 Å². The highest BCUT2D eigenvalue weighted by molar-refractivity contribution is 5.95. The van der Waals surface area contributed by atoms with Gasteiger partial charge in [-0.05, 0) is 55.8 Å². The molecule has 1 aliphatic rings. The van der Waals surface area contributed by atoms with E-state index in [4.69, 9.17) is 4.74 Å². The Balaban J connectivity index is 1.42. The average molecular weight is 439 g/mol. The third-order valence-electron chi connectivity index (χ3n) is 4.86. The van der Waals surface area contributed by atoms with Gasteiger partial charge in [0.1, 0.15) is 18.1 Å². The number of hydrogen-bond donors (Lipinski definition) is 1. The molecule has 0 fully saturated rings. The highest BCUT2D eigenvalue weighted by Gasteiger charge is 2.33. The number of ether oxygens (including phenoxy) is 1. The van der Waals surface area contributed by atoms with Gasteiger partial charge in [0, 0.05) is 12.2 Å². The van der Waals surface area contributed by atoms with Gasteiger partial charge in [0.2, 0.25) is 5.91 Å². The van der Waals surface area contributed by atoms with E-state index in [0.717, 1.165) is 20.7 Å². The molecule has 4 rings (SSSR count). The maximum absolute atomic E-state index is 13.2. The largest absolute Gasteiger partial charge is 0.491 e. The van der Waals surface area contributed by atoms with Crippen LogP contribution in [0.3, 0.4) is 0 Å². The number of rotatable bonds is 7. The minimum absolute atomic E-state index is 0.0547. The van der Waals surface area contributed by atoms with Crippen molar-refractivity contribution in [1.29, 1.82) is 0 Å². The molecule has 1 aliphatic heterocycles. The van der Waals surface area contributed by atoms with Gasteiger partial charge < -0.3 is 10.1 Å². The van der Waals surface area contributed by atoms with Gasteiger partial charge in [-0.25, -0.2) is 18.7 Å². The molecule has 0 radical (unpaired) electrons. The SMILES string of the molecule is CC(C)Oc1ccc(CNC(=O)Cn2c(=O)nc3n2C(=O)N(c2ccc(F)cc2)C3)cc1. The van der Waals surface area contributed by atoms with Crippen molar-refractivity contribution in [2.24, 2.45) is 0 Å². The van der Waals surface area contributed by atoms with E-state index in [1.165, 1.54) is 29.2 Å². The van der Waals surface area contributed by atoms with Gasteiger partial charge in [-0.1, -0.05) is 12.1 Å². The molecule has 2 heterocycles. The molecule has 0 saturated carbocycles. The number of benzene rings is 2. The van der Waals surface area contributed by atoms with Gasteiger partial charge in [0.05, 0.1) is 12.6 Å². The molecule has 0 saturated heterocycles. The second-order valence-corrected chi connectivity index (χ2v) is 7.61. The van der Waals surface area contributed by atoms with Crippen molar-refractivity contribution in [3.05, 3.63) is 76.2 Å². The first kappa shape index (κ1) is 21.3. The summed E-state index contributed by atoms with van der Waals surface area (Å²) in [6.07, 6.45) is 0.0675. The minimum atomic E-state index is -0.683. The highest BCUT2D eigenvalue weighted by Crippen LogP contribution is 2.23. The molecule has 166 valence electrons. The van der Waals surface area contributed by atoms with E-state index in [0.29, 0.717) is 5.69 Å². The Kier molecular flexibility index (Phi) is 5.76. The maximum atomic E-state index is 13.2. The quantitative estimate of drug-likeness (QED) is 0.609. The van der Waals surface area contributed by atoms with E-state index in [1.807, 2.05) is 38.1 Å². The summed E-state index contributed by atoms with van der Waals surface area (Å²) in [5.74, 6) is 0.0951. The van der Waals surface area contributed by atoms with E-state index in [9.17, 15) is 18.8 Å². The lowest BCUT2D eigenvalue weighted by Gasteiger charge is -2.15. The van der Waals surface area contributed by atoms with Crippen LogP contribution in [0, 0.1) is 5.82 Å². The summed E-state index contributed by atoms with van der Waals surface area (Å²) in [6.45, 7) is 3.83. The number of carbonyl (C=O) groups is 2. The predicted molar refractivity (Wildman–Crippen MR) is 114 cm³/mol. The van der Waals surface area contributed by atoms with Crippen molar-refractivity contribution in [2.75, 3.05) is 4.90 Å². The molecule has 0 bridgehead atoms. The zero-order valence-electron chi connectivity index (χ0n) is 17.6. The van der Waals surface area contributed by atoms with E-state index in [2.05, 4.69) is 10.3 Å². The summed E-state index contributed by atoms with van der Waals surface area (Å²) < 4.78 is 20.9. The molecular formula is C22H22FN5O4. The van der Waals surface area contributed by atoms with Gasteiger partial charge in [-0.15, -0.1) is 0 Å². The zero-order chi connectivity index (χ0) is 22.8. The van der Waals surface area contributed by atoms with Crippen LogP contribution in [-0.4, -0.2) is 32.4 Å². The van der Waals surface area contributed by atoms with Crippen LogP contribution in [0.5, 0.6) is 5.75 Å². The van der Waals surface area contributed by atoms with Crippen LogP contribution in [0.15, 0.2) is 53.3 Å². The molecule has 0 unspecified atom stereocenters. The number of carbonyl (C=O) groups excluding carboxylic acids is 2. The van der Waals surface area contributed by atoms with Gasteiger partial charge in [0.15, 0.2) is 5.82 Å². The lowest BCUT2D eigenvalue weighted by molar-refractivity contribution is -0.122. The number of anilines is 1. The smallest absolute Gasteiger partial charge is 0.365 e. The molecule has 1 aromatic heterocycles. The number of nitrogens with one attached hydrogen (secondary N) is 1. The molecule has 1 N–H and O–H groups in total. The third kappa shape index (κ3) is 4.39. The lowest BCUT2D eigenvalue weighted by atomic mass is 10.2. The fraction of sp³-hybridized carbons (Fsp3) is 0.273. The third-order valence-corrected chi connectivity index (χ3v) is 4.86. The lowest BCUT2D eigenvalue weighted by Crippen LogP contribution is -2.38. The fourth-order valence-electron chi connectivity index (χ4n) is 3.39. The zero-order valence-corrected chi connectivity index (χ0v) is 17.6. The van der Waals surface area contributed by atoms with E-state index >= 15 is 0 Å². The Hall–Kier alpha value is -3.95. The second-order valence-electron chi connectivity index (χ2n) is 7.61. The molecule has 3 aromatic rings. The molecule has 0 atom stereocenters. The number of fused-ring (bicyclic) bond motifs is 1. The Bertz CT molecular complexity index is 1200. The summed E-state index contributed by atoms with van der Waals surface area (Å²) in [7, 11) is 0. The average Bonchev–Trinajstić information content (AvgIpc) is 3.23. The Morgan fingerprint density at radius 2 is 1.81 bits per heavy atom. The molecule has 2 amide bonds. The molecule has 0 aliphatic carbocycles. The second kappa shape index (κ2) is 8.66. The monoisotopic (exact) mass is 439 g/mol. The molecule has 9 nitrogen and oxygen atoms in total. The van der Waals surface area contributed by atoms with Crippen molar-refractivity contribution >= 4 is 17.6 Å². The topological polar surface area (TPSA) is 98.5 Å². The first-order valence-electron chi connectivity index (χ1n) is 10.1. The maximum Gasteiger partial charge on any atom is 0.365 e. The highest BCUT2D eigenvalue weighted by atomic mass is 19.1. The van der Waals surface area contributed by atoms with E-state index in [-0.39, 0.29) is 31.6 Å². The van der Waals surface area contributed by atoms with Crippen molar-refractivity contribution in [1.82, 2.24) is 19.7 Å². The van der Waals surface area contributed by atoms with Crippen LogP contribution in [0.1, 0.15) is 25.2 Å². The molecule has 32 heavy (non-hydrogen) atoms. The van der Waals surface area contributed by atoms with Crippen LogP contribution >= 0.6 is 0 Å². The number of nitrogens with zero attached hydrogens (tertiary/aromatic N) is 4. The van der Waals surface area contributed by atoms with Crippen LogP contribution in [0.2, 0.25) is 0 Å². The van der Waals surface area contributed by atoms with E-state index < -0.39 is 23.4 Å². The molecule has 2 aromatic carbocycles. The summed E-state index contributed by atoms with van der Waals surface area (Å²) in [6, 6.07) is 12.2. The Morgan fingerprint density at radius 1 is 1.12 bits per heavy atom. The van der Waals surface area contributed by atoms with Gasteiger partial charge in [0.25, 0.3) is 0 Å². The number of halogens is 1. The summed E-state index contributed by atoms with van der Waals surface area (Å²) >= 11 is 0. The minimum Gasteiger partial charge on any atom is -0.491 e. The van der Waals surface area contributed by atoms with Crippen LogP contribution < -0.4 is 20.6 Å². The summed E-state index contributed by atoms with van der Waals surface area (Å²) in [5.41, 5.74) is 0.645. The molecule has 0 spiro atoms. The number of amides is 2. The number of hydrogen-bond acceptors (Lipinski definition) is 5. The van der Waals surface area contributed by atoms with Crippen LogP contribution in [-0.2, 0) is 24.4 Å². The predicted octanol–water partition coefficient (Wildman–Crippen LogP) is 2.28. The summed E-state index contributed by atoms with van der Waals surface area (Å²) in [4.78, 5) is 42.8. The van der Waals surface area contributed by atoms with Gasteiger partial charge in [-0.3, -0.25) is 9.69 Å². The van der Waals surface area contributed by atoms with Crippen molar-refractivity contribution in [2.45, 2.75) is 39.6 Å². The van der Waals surface area contributed by atoms with Crippen LogP contribution in [0.4, 0.5) is 14.9 Å². The normalized spacial score (nSPS) is 12.9. The fourth-order valence-corrected chi connectivity index (χ4v) is 3.39. The Morgan fingerprint density at radius 3 is 2.47 bits per heavy atom. The standard InChI is InChI=1S/C22H22FN5O4/c1-14(2)32-18-9-3-15(4-10-18)11-24-20(29)13-27-21(30)25-19-12-26(22(31)28(19)27)17-7-5-16(23)6-8-17/h3-10,14H,11-13H2,1-2H3,(H,24,29). The van der Waals surface area contributed by atoms with E-state index in [1.54, 1.807) is 0 Å². The summed E-state index contributed by atoms with van der Waals surface area (Å²) in [5, 5.41) is 2.73. The Labute approximate surface area is 183 Å².